The molecule has 7 rings (SSSR count). The highest BCUT2D eigenvalue weighted by Gasteiger charge is 2.16. The molecule has 7 heteroatoms. The van der Waals surface area contributed by atoms with Gasteiger partial charge < -0.3 is 0 Å². The second-order valence-corrected chi connectivity index (χ2v) is 10.2. The van der Waals surface area contributed by atoms with Gasteiger partial charge in [0.05, 0.1) is 0 Å². The Morgan fingerprint density at radius 3 is 0.907 bits per heavy atom. The molecule has 0 radical (unpaired) electrons. The molecule has 2 aromatic heterocycles. The van der Waals surface area contributed by atoms with E-state index in [0.717, 1.165) is 33.4 Å². The minimum atomic E-state index is 0.534. The molecule has 0 atom stereocenters. The number of benzene rings is 5. The number of hydrogen-bond donors (Lipinski definition) is 0. The van der Waals surface area contributed by atoms with E-state index in [1.54, 1.807) is 0 Å². The fraction of sp³-hybridized carbons (Fsp3) is 0. The Hall–Kier alpha value is -5.59. The number of hydrogen-bond acceptors (Lipinski definition) is 6. The van der Waals surface area contributed by atoms with Gasteiger partial charge in [0, 0.05) is 38.4 Å². The van der Waals surface area contributed by atoms with Gasteiger partial charge in [0.2, 0.25) is 0 Å². The van der Waals surface area contributed by atoms with E-state index in [2.05, 4.69) is 0 Å². The molecule has 6 nitrogen and oxygen atoms in total. The van der Waals surface area contributed by atoms with Crippen molar-refractivity contribution in [2.75, 3.05) is 0 Å². The molecule has 0 saturated carbocycles. The van der Waals surface area contributed by atoms with Crippen LogP contribution in [0.3, 0.4) is 0 Å². The van der Waals surface area contributed by atoms with Crippen LogP contribution in [0.25, 0.3) is 68.3 Å². The van der Waals surface area contributed by atoms with Crippen LogP contribution in [-0.2, 0) is 0 Å². The maximum atomic E-state index is 6.32. The predicted molar refractivity (Wildman–Crippen MR) is 171 cm³/mol. The van der Waals surface area contributed by atoms with Gasteiger partial charge in [-0.15, -0.1) is 0 Å². The molecule has 0 aliphatic heterocycles. The maximum absolute atomic E-state index is 6.32. The summed E-state index contributed by atoms with van der Waals surface area (Å²) in [4.78, 5) is 29.1. The molecule has 0 unspecified atom stereocenters. The molecule has 0 amide bonds. The summed E-state index contributed by atoms with van der Waals surface area (Å²) in [6.45, 7) is 0. The van der Waals surface area contributed by atoms with Crippen molar-refractivity contribution in [2.24, 2.45) is 0 Å². The van der Waals surface area contributed by atoms with E-state index in [-0.39, 0.29) is 0 Å². The van der Waals surface area contributed by atoms with Crippen LogP contribution in [0.2, 0.25) is 5.02 Å². The number of aromatic nitrogens is 6. The first-order valence-corrected chi connectivity index (χ1v) is 14.1. The molecule has 2 heterocycles. The first-order valence-electron chi connectivity index (χ1n) is 13.7. The smallest absolute Gasteiger partial charge is 0.164 e. The fourth-order valence-electron chi connectivity index (χ4n) is 4.71. The van der Waals surface area contributed by atoms with E-state index in [1.807, 2.05) is 140 Å². The SMILES string of the molecule is Clc1cccc(-c2nc(-c3ccccc3)nc(-c3cccc(-c4nc(-c5ccccc5)nc(-c5ccccc5)n4)c3)n2)c1. The van der Waals surface area contributed by atoms with Crippen LogP contribution in [0.5, 0.6) is 0 Å². The molecule has 0 fully saturated rings. The molecule has 0 aliphatic carbocycles. The summed E-state index contributed by atoms with van der Waals surface area (Å²) >= 11 is 6.32. The lowest BCUT2D eigenvalue weighted by Gasteiger charge is -2.11. The Morgan fingerprint density at radius 2 is 0.558 bits per heavy atom. The molecule has 5 aromatic carbocycles. The molecule has 0 aliphatic rings. The third-order valence-electron chi connectivity index (χ3n) is 6.83. The highest BCUT2D eigenvalue weighted by Crippen LogP contribution is 2.29. The van der Waals surface area contributed by atoms with Gasteiger partial charge in [0.1, 0.15) is 0 Å². The molecule has 0 N–H and O–H groups in total. The summed E-state index contributed by atoms with van der Waals surface area (Å²) < 4.78 is 0. The summed E-state index contributed by atoms with van der Waals surface area (Å²) in [5, 5.41) is 0.612. The normalized spacial score (nSPS) is 10.9. The summed E-state index contributed by atoms with van der Waals surface area (Å²) in [5.74, 6) is 3.40. The molecule has 0 spiro atoms. The van der Waals surface area contributed by atoms with Gasteiger partial charge >= 0.3 is 0 Å². The van der Waals surface area contributed by atoms with Gasteiger partial charge in [0.25, 0.3) is 0 Å². The Bertz CT molecular complexity index is 1980. The number of rotatable bonds is 6. The number of halogens is 1. The molecule has 43 heavy (non-hydrogen) atoms. The van der Waals surface area contributed by atoms with Crippen molar-refractivity contribution < 1.29 is 0 Å². The van der Waals surface area contributed by atoms with Gasteiger partial charge in [-0.1, -0.05) is 133 Å². The Balaban J connectivity index is 1.37. The van der Waals surface area contributed by atoms with Crippen molar-refractivity contribution in [3.63, 3.8) is 0 Å². The van der Waals surface area contributed by atoms with Gasteiger partial charge in [-0.05, 0) is 18.2 Å². The van der Waals surface area contributed by atoms with Crippen LogP contribution in [0.1, 0.15) is 0 Å². The third kappa shape index (κ3) is 5.77. The van der Waals surface area contributed by atoms with Crippen molar-refractivity contribution in [3.8, 4) is 68.3 Å². The molecule has 0 bridgehead atoms. The Labute approximate surface area is 253 Å². The average molecular weight is 575 g/mol. The highest BCUT2D eigenvalue weighted by atomic mass is 35.5. The van der Waals surface area contributed by atoms with Crippen molar-refractivity contribution in [3.05, 3.63) is 145 Å². The Kier molecular flexibility index (Phi) is 7.17. The molecule has 0 saturated heterocycles. The van der Waals surface area contributed by atoms with Gasteiger partial charge in [-0.25, -0.2) is 29.9 Å². The minimum absolute atomic E-state index is 0.534. The highest BCUT2D eigenvalue weighted by molar-refractivity contribution is 6.30. The third-order valence-corrected chi connectivity index (χ3v) is 7.06. The fourth-order valence-corrected chi connectivity index (χ4v) is 4.90. The lowest BCUT2D eigenvalue weighted by Crippen LogP contribution is -2.01. The lowest BCUT2D eigenvalue weighted by molar-refractivity contribution is 1.07. The molecule has 7 aromatic rings. The van der Waals surface area contributed by atoms with Crippen LogP contribution < -0.4 is 0 Å². The molecular formula is C36H23ClN6. The van der Waals surface area contributed by atoms with Crippen molar-refractivity contribution >= 4 is 11.6 Å². The van der Waals surface area contributed by atoms with E-state index >= 15 is 0 Å². The summed E-state index contributed by atoms with van der Waals surface area (Å²) in [5.41, 5.74) is 5.15. The quantitative estimate of drug-likeness (QED) is 0.198. The molecule has 204 valence electrons. The topological polar surface area (TPSA) is 77.3 Å². The first kappa shape index (κ1) is 26.3. The van der Waals surface area contributed by atoms with E-state index in [9.17, 15) is 0 Å². The number of nitrogens with zero attached hydrogens (tertiary/aromatic N) is 6. The Morgan fingerprint density at radius 1 is 0.279 bits per heavy atom. The second kappa shape index (κ2) is 11.7. The standard InChI is InChI=1S/C36H23ClN6/c37-30-21-11-20-29(23-30)36-42-33(26-16-8-3-9-17-26)41-35(43-36)28-19-10-18-27(22-28)34-39-31(24-12-4-1-5-13-24)38-32(40-34)25-14-6-2-7-15-25/h1-23H. The zero-order valence-electron chi connectivity index (χ0n) is 22.8. The zero-order valence-corrected chi connectivity index (χ0v) is 23.6. The van der Waals surface area contributed by atoms with Crippen LogP contribution in [0.15, 0.2) is 140 Å². The largest absolute Gasteiger partial charge is 0.208 e. The van der Waals surface area contributed by atoms with Crippen molar-refractivity contribution in [2.45, 2.75) is 0 Å². The van der Waals surface area contributed by atoms with Crippen LogP contribution in [0, 0.1) is 0 Å². The second-order valence-electron chi connectivity index (χ2n) is 9.80. The summed E-state index contributed by atoms with van der Waals surface area (Å²) in [6, 6.07) is 45.2. The van der Waals surface area contributed by atoms with Crippen molar-refractivity contribution in [1.29, 1.82) is 0 Å². The van der Waals surface area contributed by atoms with Crippen LogP contribution in [-0.4, -0.2) is 29.9 Å². The summed E-state index contributed by atoms with van der Waals surface area (Å²) in [6.07, 6.45) is 0. The van der Waals surface area contributed by atoms with Crippen molar-refractivity contribution in [1.82, 2.24) is 29.9 Å². The van der Waals surface area contributed by atoms with E-state index in [1.165, 1.54) is 0 Å². The van der Waals surface area contributed by atoms with Crippen LogP contribution in [0.4, 0.5) is 0 Å². The first-order chi connectivity index (χ1) is 21.2. The minimum Gasteiger partial charge on any atom is -0.208 e. The zero-order chi connectivity index (χ0) is 29.0. The van der Waals surface area contributed by atoms with Gasteiger partial charge in [0.15, 0.2) is 34.9 Å². The van der Waals surface area contributed by atoms with Gasteiger partial charge in [-0.3, -0.25) is 0 Å². The lowest BCUT2D eigenvalue weighted by atomic mass is 10.1. The average Bonchev–Trinajstić information content (AvgIpc) is 3.09. The van der Waals surface area contributed by atoms with Gasteiger partial charge in [-0.2, -0.15) is 0 Å². The molecular weight excluding hydrogens is 552 g/mol. The maximum Gasteiger partial charge on any atom is 0.164 e. The van der Waals surface area contributed by atoms with E-state index in [4.69, 9.17) is 41.5 Å². The van der Waals surface area contributed by atoms with E-state index < -0.39 is 0 Å². The van der Waals surface area contributed by atoms with Crippen LogP contribution >= 0.6 is 11.6 Å². The predicted octanol–water partition coefficient (Wildman–Crippen LogP) is 8.71. The van der Waals surface area contributed by atoms with E-state index in [0.29, 0.717) is 40.0 Å². The monoisotopic (exact) mass is 574 g/mol. The summed E-state index contributed by atoms with van der Waals surface area (Å²) in [7, 11) is 0.